The van der Waals surface area contributed by atoms with Crippen LogP contribution in [0.5, 0.6) is 5.75 Å². The zero-order valence-corrected chi connectivity index (χ0v) is 11.0. The highest BCUT2D eigenvalue weighted by atomic mass is 32.2. The Bertz CT molecular complexity index is 457. The fourth-order valence-corrected chi connectivity index (χ4v) is 1.83. The van der Waals surface area contributed by atoms with Crippen molar-refractivity contribution in [3.8, 4) is 5.75 Å². The van der Waals surface area contributed by atoms with Crippen molar-refractivity contribution in [2.24, 2.45) is 5.73 Å². The number of hydrogen-bond donors (Lipinski definition) is 1. The van der Waals surface area contributed by atoms with E-state index in [1.807, 2.05) is 31.2 Å². The van der Waals surface area contributed by atoms with Crippen molar-refractivity contribution in [3.63, 3.8) is 0 Å². The minimum Gasteiger partial charge on any atom is -0.492 e. The molecule has 96 valence electrons. The van der Waals surface area contributed by atoms with Gasteiger partial charge in [0.25, 0.3) is 0 Å². The van der Waals surface area contributed by atoms with Gasteiger partial charge in [-0.3, -0.25) is 0 Å². The molecule has 0 radical (unpaired) electrons. The zero-order chi connectivity index (χ0) is 12.9. The molecule has 1 unspecified atom stereocenters. The van der Waals surface area contributed by atoms with Crippen molar-refractivity contribution in [2.45, 2.75) is 19.4 Å². The highest BCUT2D eigenvalue weighted by Gasteiger charge is 2.10. The molecule has 1 aromatic rings. The second-order valence-electron chi connectivity index (χ2n) is 4.03. The molecule has 4 nitrogen and oxygen atoms in total. The molecular formula is C12H19NO3S. The molecule has 0 aromatic heterocycles. The maximum atomic E-state index is 11.0. The molecule has 0 aliphatic rings. The highest BCUT2D eigenvalue weighted by Crippen LogP contribution is 2.25. The van der Waals surface area contributed by atoms with E-state index in [0.717, 1.165) is 12.0 Å². The summed E-state index contributed by atoms with van der Waals surface area (Å²) in [4.78, 5) is 0. The lowest BCUT2D eigenvalue weighted by molar-refractivity contribution is 0.334. The largest absolute Gasteiger partial charge is 0.492 e. The lowest BCUT2D eigenvalue weighted by Gasteiger charge is -2.15. The maximum Gasteiger partial charge on any atom is 0.150 e. The van der Waals surface area contributed by atoms with Crippen molar-refractivity contribution in [1.82, 2.24) is 0 Å². The van der Waals surface area contributed by atoms with Gasteiger partial charge in [-0.05, 0) is 12.5 Å². The molecule has 0 fully saturated rings. The Morgan fingerprint density at radius 1 is 1.35 bits per heavy atom. The van der Waals surface area contributed by atoms with Crippen LogP contribution in [-0.4, -0.2) is 27.0 Å². The van der Waals surface area contributed by atoms with Crippen LogP contribution in [-0.2, 0) is 9.84 Å². The Kier molecular flexibility index (Phi) is 4.96. The van der Waals surface area contributed by atoms with E-state index in [2.05, 4.69) is 0 Å². The van der Waals surface area contributed by atoms with Gasteiger partial charge in [-0.1, -0.05) is 25.1 Å². The van der Waals surface area contributed by atoms with E-state index < -0.39 is 9.84 Å². The number of sulfone groups is 1. The third-order valence-electron chi connectivity index (χ3n) is 2.47. The third kappa shape index (κ3) is 4.75. The number of para-hydroxylation sites is 1. The molecule has 0 heterocycles. The van der Waals surface area contributed by atoms with Crippen molar-refractivity contribution < 1.29 is 13.2 Å². The molecule has 0 saturated carbocycles. The summed E-state index contributed by atoms with van der Waals surface area (Å²) in [6.07, 6.45) is 2.01. The summed E-state index contributed by atoms with van der Waals surface area (Å²) in [6.45, 7) is 2.16. The van der Waals surface area contributed by atoms with E-state index in [0.29, 0.717) is 5.75 Å². The standard InChI is InChI=1S/C12H19NO3S/c1-3-11(13)10-6-4-5-7-12(10)16-8-9-17(2,14)15/h4-7,11H,3,8-9,13H2,1-2H3. The van der Waals surface area contributed by atoms with Crippen LogP contribution in [0.2, 0.25) is 0 Å². The van der Waals surface area contributed by atoms with Crippen LogP contribution < -0.4 is 10.5 Å². The summed E-state index contributed by atoms with van der Waals surface area (Å²) >= 11 is 0. The Balaban J connectivity index is 2.70. The lowest BCUT2D eigenvalue weighted by atomic mass is 10.0. The lowest BCUT2D eigenvalue weighted by Crippen LogP contribution is -2.15. The molecule has 0 spiro atoms. The second-order valence-corrected chi connectivity index (χ2v) is 6.29. The molecule has 1 atom stereocenters. The minimum absolute atomic E-state index is 0.0166. The second kappa shape index (κ2) is 6.02. The molecule has 0 amide bonds. The summed E-state index contributed by atoms with van der Waals surface area (Å²) in [6, 6.07) is 7.39. The van der Waals surface area contributed by atoms with E-state index in [1.54, 1.807) is 0 Å². The van der Waals surface area contributed by atoms with Gasteiger partial charge in [0.15, 0.2) is 9.84 Å². The topological polar surface area (TPSA) is 69.4 Å². The van der Waals surface area contributed by atoms with Gasteiger partial charge in [0.1, 0.15) is 12.4 Å². The third-order valence-corrected chi connectivity index (χ3v) is 3.38. The monoisotopic (exact) mass is 257 g/mol. The summed E-state index contributed by atoms with van der Waals surface area (Å²) in [7, 11) is -2.99. The first kappa shape index (κ1) is 14.0. The highest BCUT2D eigenvalue weighted by molar-refractivity contribution is 7.90. The van der Waals surface area contributed by atoms with Crippen LogP contribution in [0, 0.1) is 0 Å². The zero-order valence-electron chi connectivity index (χ0n) is 10.2. The predicted octanol–water partition coefficient (Wildman–Crippen LogP) is 1.52. The quantitative estimate of drug-likeness (QED) is 0.839. The van der Waals surface area contributed by atoms with Gasteiger partial charge in [-0.25, -0.2) is 8.42 Å². The van der Waals surface area contributed by atoms with Gasteiger partial charge in [-0.15, -0.1) is 0 Å². The molecule has 0 aliphatic carbocycles. The molecule has 0 bridgehead atoms. The first-order chi connectivity index (χ1) is 7.94. The van der Waals surface area contributed by atoms with Crippen molar-refractivity contribution in [2.75, 3.05) is 18.6 Å². The van der Waals surface area contributed by atoms with Crippen LogP contribution in [0.3, 0.4) is 0 Å². The predicted molar refractivity (Wildman–Crippen MR) is 68.9 cm³/mol. The van der Waals surface area contributed by atoms with Crippen LogP contribution in [0.1, 0.15) is 24.9 Å². The Morgan fingerprint density at radius 2 is 2.00 bits per heavy atom. The maximum absolute atomic E-state index is 11.0. The molecule has 0 aliphatic heterocycles. The van der Waals surface area contributed by atoms with Gasteiger partial charge >= 0.3 is 0 Å². The molecule has 5 heteroatoms. The van der Waals surface area contributed by atoms with Gasteiger partial charge < -0.3 is 10.5 Å². The Hall–Kier alpha value is -1.07. The smallest absolute Gasteiger partial charge is 0.150 e. The van der Waals surface area contributed by atoms with Gasteiger partial charge in [0, 0.05) is 17.9 Å². The molecule has 1 rings (SSSR count). The van der Waals surface area contributed by atoms with E-state index >= 15 is 0 Å². The van der Waals surface area contributed by atoms with Crippen molar-refractivity contribution >= 4 is 9.84 Å². The molecule has 0 saturated heterocycles. The first-order valence-corrected chi connectivity index (χ1v) is 7.65. The Labute approximate surface area is 103 Å². The number of nitrogens with two attached hydrogens (primary N) is 1. The summed E-state index contributed by atoms with van der Waals surface area (Å²) in [5.41, 5.74) is 6.87. The normalized spacial score (nSPS) is 13.4. The average Bonchev–Trinajstić information content (AvgIpc) is 2.27. The van der Waals surface area contributed by atoms with Crippen LogP contribution >= 0.6 is 0 Å². The summed E-state index contributed by atoms with van der Waals surface area (Å²) < 4.78 is 27.5. The average molecular weight is 257 g/mol. The number of ether oxygens (including phenoxy) is 1. The summed E-state index contributed by atoms with van der Waals surface area (Å²) in [5, 5.41) is 0. The number of rotatable bonds is 6. The van der Waals surface area contributed by atoms with E-state index in [4.69, 9.17) is 10.5 Å². The number of hydrogen-bond acceptors (Lipinski definition) is 4. The SMILES string of the molecule is CCC(N)c1ccccc1OCCS(C)(=O)=O. The van der Waals surface area contributed by atoms with Crippen LogP contribution in [0.25, 0.3) is 0 Å². The van der Waals surface area contributed by atoms with Crippen LogP contribution in [0.4, 0.5) is 0 Å². The van der Waals surface area contributed by atoms with Gasteiger partial charge in [0.05, 0.1) is 5.75 Å². The first-order valence-electron chi connectivity index (χ1n) is 5.59. The molecule has 2 N–H and O–H groups in total. The molecule has 1 aromatic carbocycles. The van der Waals surface area contributed by atoms with E-state index in [-0.39, 0.29) is 18.4 Å². The molecule has 17 heavy (non-hydrogen) atoms. The Morgan fingerprint density at radius 3 is 2.59 bits per heavy atom. The van der Waals surface area contributed by atoms with E-state index in [1.165, 1.54) is 6.26 Å². The van der Waals surface area contributed by atoms with E-state index in [9.17, 15) is 8.42 Å². The minimum atomic E-state index is -2.99. The van der Waals surface area contributed by atoms with Gasteiger partial charge in [0.2, 0.25) is 0 Å². The number of benzene rings is 1. The molecular weight excluding hydrogens is 238 g/mol. The summed E-state index contributed by atoms with van der Waals surface area (Å²) in [5.74, 6) is 0.688. The van der Waals surface area contributed by atoms with Crippen molar-refractivity contribution in [1.29, 1.82) is 0 Å². The van der Waals surface area contributed by atoms with Crippen molar-refractivity contribution in [3.05, 3.63) is 29.8 Å². The fraction of sp³-hybridized carbons (Fsp3) is 0.500. The fourth-order valence-electron chi connectivity index (χ4n) is 1.44. The van der Waals surface area contributed by atoms with Gasteiger partial charge in [-0.2, -0.15) is 0 Å². The van der Waals surface area contributed by atoms with Crippen LogP contribution in [0.15, 0.2) is 24.3 Å².